The van der Waals surface area contributed by atoms with Gasteiger partial charge < -0.3 is 15.0 Å². The summed E-state index contributed by atoms with van der Waals surface area (Å²) in [6.07, 6.45) is 1.64. The van der Waals surface area contributed by atoms with Gasteiger partial charge in [-0.2, -0.15) is 0 Å². The highest BCUT2D eigenvalue weighted by Crippen LogP contribution is 2.36. The summed E-state index contributed by atoms with van der Waals surface area (Å²) in [5.41, 5.74) is 2.54. The fourth-order valence-corrected chi connectivity index (χ4v) is 4.58. The number of hydrogen-bond donors (Lipinski definition) is 1. The number of aromatic nitrogens is 1. The van der Waals surface area contributed by atoms with Crippen molar-refractivity contribution in [2.75, 3.05) is 29.9 Å². The molecule has 3 aromatic rings. The minimum Gasteiger partial charge on any atom is -0.482 e. The van der Waals surface area contributed by atoms with E-state index in [2.05, 4.69) is 16.9 Å². The Morgan fingerprint density at radius 2 is 1.85 bits per heavy atom. The molecule has 34 heavy (non-hydrogen) atoms. The second kappa shape index (κ2) is 8.56. The first-order valence-corrected chi connectivity index (χ1v) is 11.2. The first-order chi connectivity index (χ1) is 16.5. The van der Waals surface area contributed by atoms with Crippen LogP contribution in [0.2, 0.25) is 0 Å². The number of hydrogen-bond acceptors (Lipinski definition) is 7. The molecular weight excluding hydrogens is 456 g/mol. The Kier molecular flexibility index (Phi) is 5.42. The fourth-order valence-electron chi connectivity index (χ4n) is 3.84. The van der Waals surface area contributed by atoms with E-state index in [4.69, 9.17) is 4.74 Å². The number of benzene rings is 2. The maximum Gasteiger partial charge on any atom is 0.265 e. The number of rotatable bonds is 6. The summed E-state index contributed by atoms with van der Waals surface area (Å²) in [5.74, 6) is -1.09. The molecule has 5 rings (SSSR count). The van der Waals surface area contributed by atoms with Gasteiger partial charge in [0.1, 0.15) is 12.3 Å². The lowest BCUT2D eigenvalue weighted by Gasteiger charge is -2.28. The van der Waals surface area contributed by atoms with Gasteiger partial charge in [-0.15, -0.1) is 17.9 Å². The molecule has 2 aliphatic heterocycles. The summed E-state index contributed by atoms with van der Waals surface area (Å²) in [7, 11) is 0. The van der Waals surface area contributed by atoms with E-state index < -0.39 is 24.3 Å². The van der Waals surface area contributed by atoms with Gasteiger partial charge in [-0.1, -0.05) is 18.2 Å². The summed E-state index contributed by atoms with van der Waals surface area (Å²) < 4.78 is 5.50. The largest absolute Gasteiger partial charge is 0.482 e. The fraction of sp³-hybridized carbons (Fsp3) is 0.125. The molecule has 2 aromatic carbocycles. The number of nitrogens with one attached hydrogen (secondary N) is 1. The third kappa shape index (κ3) is 3.73. The Bertz CT molecular complexity index is 1330. The molecule has 170 valence electrons. The van der Waals surface area contributed by atoms with Crippen molar-refractivity contribution in [2.45, 2.75) is 0 Å². The second-order valence-corrected chi connectivity index (χ2v) is 8.45. The lowest BCUT2D eigenvalue weighted by atomic mass is 10.1. The van der Waals surface area contributed by atoms with Crippen molar-refractivity contribution in [2.24, 2.45) is 0 Å². The van der Waals surface area contributed by atoms with E-state index in [1.165, 1.54) is 11.3 Å². The zero-order valence-electron chi connectivity index (χ0n) is 17.8. The molecule has 1 aromatic heterocycles. The number of ether oxygens (including phenoxy) is 1. The zero-order valence-corrected chi connectivity index (χ0v) is 18.6. The number of thiazole rings is 1. The van der Waals surface area contributed by atoms with E-state index in [9.17, 15) is 19.2 Å². The van der Waals surface area contributed by atoms with Crippen LogP contribution in [0.1, 0.15) is 20.7 Å². The van der Waals surface area contributed by atoms with Crippen LogP contribution in [0.4, 0.5) is 10.8 Å². The van der Waals surface area contributed by atoms with Crippen LogP contribution in [0, 0.1) is 0 Å². The van der Waals surface area contributed by atoms with Crippen LogP contribution >= 0.6 is 11.3 Å². The molecule has 4 amide bonds. The predicted molar refractivity (Wildman–Crippen MR) is 126 cm³/mol. The topological polar surface area (TPSA) is 109 Å². The van der Waals surface area contributed by atoms with Crippen molar-refractivity contribution in [3.05, 3.63) is 71.6 Å². The van der Waals surface area contributed by atoms with Crippen LogP contribution in [0.15, 0.2) is 60.5 Å². The third-order valence-electron chi connectivity index (χ3n) is 5.44. The van der Waals surface area contributed by atoms with E-state index >= 15 is 0 Å². The average Bonchev–Trinajstić information content (AvgIpc) is 3.40. The molecule has 0 saturated heterocycles. The number of imide groups is 1. The van der Waals surface area contributed by atoms with Crippen LogP contribution in [-0.2, 0) is 9.59 Å². The van der Waals surface area contributed by atoms with Crippen molar-refractivity contribution in [1.29, 1.82) is 0 Å². The van der Waals surface area contributed by atoms with Crippen LogP contribution in [0.3, 0.4) is 0 Å². The van der Waals surface area contributed by atoms with Gasteiger partial charge in [0.05, 0.1) is 22.5 Å². The molecule has 1 N–H and O–H groups in total. The van der Waals surface area contributed by atoms with Crippen molar-refractivity contribution >= 4 is 45.8 Å². The van der Waals surface area contributed by atoms with Crippen molar-refractivity contribution in [1.82, 2.24) is 9.88 Å². The number of amides is 4. The number of carbonyl (C=O) groups excluding carboxylic acids is 4. The highest BCUT2D eigenvalue weighted by Gasteiger charge is 2.36. The number of anilines is 2. The Labute approximate surface area is 198 Å². The molecular formula is C24H18N4O5S. The second-order valence-electron chi connectivity index (χ2n) is 7.59. The lowest BCUT2D eigenvalue weighted by molar-refractivity contribution is -0.121. The van der Waals surface area contributed by atoms with E-state index in [1.807, 2.05) is 6.07 Å². The number of carbonyl (C=O) groups is 4. The molecule has 0 saturated carbocycles. The highest BCUT2D eigenvalue weighted by atomic mass is 32.1. The Balaban J connectivity index is 1.30. The first-order valence-electron chi connectivity index (χ1n) is 10.4. The van der Waals surface area contributed by atoms with Gasteiger partial charge >= 0.3 is 0 Å². The lowest BCUT2D eigenvalue weighted by Crippen LogP contribution is -2.38. The van der Waals surface area contributed by atoms with E-state index in [-0.39, 0.29) is 23.6 Å². The minimum atomic E-state index is -0.531. The van der Waals surface area contributed by atoms with Gasteiger partial charge in [0.15, 0.2) is 11.7 Å². The molecule has 0 aliphatic carbocycles. The highest BCUT2D eigenvalue weighted by molar-refractivity contribution is 7.14. The van der Waals surface area contributed by atoms with E-state index in [0.717, 1.165) is 10.5 Å². The molecule has 3 heterocycles. The monoisotopic (exact) mass is 474 g/mol. The first kappa shape index (κ1) is 21.5. The van der Waals surface area contributed by atoms with Crippen LogP contribution in [0.25, 0.3) is 11.3 Å². The molecule has 0 fully saturated rings. The van der Waals surface area contributed by atoms with Gasteiger partial charge in [0.2, 0.25) is 5.91 Å². The van der Waals surface area contributed by atoms with E-state index in [1.54, 1.807) is 52.8 Å². The van der Waals surface area contributed by atoms with Crippen molar-refractivity contribution in [3.8, 4) is 17.0 Å². The Morgan fingerprint density at radius 1 is 1.12 bits per heavy atom. The van der Waals surface area contributed by atoms with Crippen LogP contribution in [-0.4, -0.2) is 53.2 Å². The molecule has 0 atom stereocenters. The maximum absolute atomic E-state index is 12.5. The molecule has 0 radical (unpaired) electrons. The van der Waals surface area contributed by atoms with E-state index in [0.29, 0.717) is 28.8 Å². The van der Waals surface area contributed by atoms with Gasteiger partial charge in [0, 0.05) is 17.5 Å². The van der Waals surface area contributed by atoms with Gasteiger partial charge in [-0.25, -0.2) is 4.98 Å². The summed E-state index contributed by atoms with van der Waals surface area (Å²) in [6.45, 7) is 3.62. The molecule has 0 unspecified atom stereocenters. The van der Waals surface area contributed by atoms with Gasteiger partial charge in [-0.05, 0) is 30.3 Å². The summed E-state index contributed by atoms with van der Waals surface area (Å²) in [5, 5.41) is 4.74. The summed E-state index contributed by atoms with van der Waals surface area (Å²) >= 11 is 1.21. The Hall–Kier alpha value is -4.31. The number of fused-ring (bicyclic) bond motifs is 2. The SMILES string of the molecule is C=CCN1C(=O)COc2ccc(-c3csc(NC(=O)CN4C(=O)c5ccccc5C4=O)n3)cc21. The van der Waals surface area contributed by atoms with Crippen molar-refractivity contribution < 1.29 is 23.9 Å². The standard InChI is InChI=1S/C24H18N4O5S/c1-2-9-27-18-10-14(7-8-19(18)33-12-21(27)30)17-13-34-24(25-17)26-20(29)11-28-22(31)15-5-3-4-6-16(15)23(28)32/h2-8,10,13H,1,9,11-12H2,(H,25,26,29). The molecule has 0 spiro atoms. The van der Waals surface area contributed by atoms with Crippen LogP contribution in [0.5, 0.6) is 5.75 Å². The average molecular weight is 474 g/mol. The van der Waals surface area contributed by atoms with Crippen LogP contribution < -0.4 is 15.0 Å². The molecule has 9 nitrogen and oxygen atoms in total. The molecule has 2 aliphatic rings. The smallest absolute Gasteiger partial charge is 0.265 e. The van der Waals surface area contributed by atoms with Crippen molar-refractivity contribution in [3.63, 3.8) is 0 Å². The van der Waals surface area contributed by atoms with Gasteiger partial charge in [0.25, 0.3) is 17.7 Å². The third-order valence-corrected chi connectivity index (χ3v) is 6.20. The molecule has 0 bridgehead atoms. The number of nitrogens with zero attached hydrogens (tertiary/aromatic N) is 3. The minimum absolute atomic E-state index is 0.0276. The normalized spacial score (nSPS) is 14.5. The maximum atomic E-state index is 12.5. The predicted octanol–water partition coefficient (Wildman–Crippen LogP) is 2.96. The Morgan fingerprint density at radius 3 is 2.56 bits per heavy atom. The summed E-state index contributed by atoms with van der Waals surface area (Å²) in [4.78, 5) is 56.6. The summed E-state index contributed by atoms with van der Waals surface area (Å²) in [6, 6.07) is 11.9. The molecule has 10 heteroatoms. The quantitative estimate of drug-likeness (QED) is 0.435. The van der Waals surface area contributed by atoms with Gasteiger partial charge in [-0.3, -0.25) is 24.1 Å². The zero-order chi connectivity index (χ0) is 23.8.